The van der Waals surface area contributed by atoms with E-state index in [1.807, 2.05) is 38.4 Å². The summed E-state index contributed by atoms with van der Waals surface area (Å²) in [7, 11) is 5.23. The van der Waals surface area contributed by atoms with E-state index in [0.717, 1.165) is 27.9 Å². The quantitative estimate of drug-likeness (QED) is 0.723. The van der Waals surface area contributed by atoms with E-state index in [0.29, 0.717) is 18.5 Å². The molecule has 1 N–H and O–H groups in total. The van der Waals surface area contributed by atoms with E-state index in [2.05, 4.69) is 10.1 Å². The average Bonchev–Trinajstić information content (AvgIpc) is 2.96. The van der Waals surface area contributed by atoms with Crippen molar-refractivity contribution in [3.63, 3.8) is 0 Å². The third-order valence-corrected chi connectivity index (χ3v) is 4.68. The first-order chi connectivity index (χ1) is 12.9. The predicted molar refractivity (Wildman–Crippen MR) is 104 cm³/mol. The van der Waals surface area contributed by atoms with Crippen molar-refractivity contribution in [3.05, 3.63) is 57.6 Å². The molecule has 2 aromatic heterocycles. The second kappa shape index (κ2) is 7.65. The first-order valence-electron chi connectivity index (χ1n) is 8.80. The van der Waals surface area contributed by atoms with Crippen LogP contribution in [0.25, 0.3) is 10.9 Å². The Balaban J connectivity index is 1.69. The van der Waals surface area contributed by atoms with Crippen LogP contribution in [0, 0.1) is 6.92 Å². The van der Waals surface area contributed by atoms with Gasteiger partial charge in [-0.1, -0.05) is 0 Å². The van der Waals surface area contributed by atoms with E-state index in [9.17, 15) is 9.59 Å². The molecule has 0 saturated carbocycles. The zero-order valence-electron chi connectivity index (χ0n) is 16.1. The van der Waals surface area contributed by atoms with E-state index >= 15 is 0 Å². The fourth-order valence-electron chi connectivity index (χ4n) is 3.12. The topological polar surface area (TPSA) is 80.2 Å². The van der Waals surface area contributed by atoms with Gasteiger partial charge in [0, 0.05) is 55.3 Å². The maximum absolute atomic E-state index is 12.5. The minimum absolute atomic E-state index is 0.0107. The van der Waals surface area contributed by atoms with Gasteiger partial charge < -0.3 is 14.6 Å². The van der Waals surface area contributed by atoms with Gasteiger partial charge in [0.05, 0.1) is 12.8 Å². The summed E-state index contributed by atoms with van der Waals surface area (Å²) in [5, 5.41) is 5.18. The zero-order valence-corrected chi connectivity index (χ0v) is 16.1. The van der Waals surface area contributed by atoms with Crippen LogP contribution >= 0.6 is 0 Å². The smallest absolute Gasteiger partial charge is 0.251 e. The number of benzene rings is 1. The van der Waals surface area contributed by atoms with Gasteiger partial charge in [-0.2, -0.15) is 5.10 Å². The van der Waals surface area contributed by atoms with Gasteiger partial charge in [0.15, 0.2) is 0 Å². The minimum Gasteiger partial charge on any atom is -0.497 e. The van der Waals surface area contributed by atoms with Gasteiger partial charge in [-0.05, 0) is 37.6 Å². The number of carbonyl (C=O) groups is 1. The van der Waals surface area contributed by atoms with Crippen LogP contribution in [0.3, 0.4) is 0 Å². The molecule has 1 aromatic carbocycles. The highest BCUT2D eigenvalue weighted by Gasteiger charge is 2.14. The lowest BCUT2D eigenvalue weighted by Crippen LogP contribution is -2.27. The number of hydrogen-bond acceptors (Lipinski definition) is 4. The lowest BCUT2D eigenvalue weighted by Gasteiger charge is -2.16. The Bertz CT molecular complexity index is 1040. The Morgan fingerprint density at radius 1 is 1.30 bits per heavy atom. The number of aryl methyl sites for hydroxylation is 3. The molecule has 0 aliphatic carbocycles. The highest BCUT2D eigenvalue weighted by molar-refractivity contribution is 5.81. The molecule has 7 nitrogen and oxygen atoms in total. The van der Waals surface area contributed by atoms with Crippen molar-refractivity contribution in [2.24, 2.45) is 7.05 Å². The van der Waals surface area contributed by atoms with Crippen molar-refractivity contribution in [2.75, 3.05) is 14.2 Å². The lowest BCUT2D eigenvalue weighted by molar-refractivity contribution is -0.130. The van der Waals surface area contributed by atoms with Crippen molar-refractivity contribution in [1.82, 2.24) is 19.7 Å². The van der Waals surface area contributed by atoms with Crippen LogP contribution in [0.5, 0.6) is 5.75 Å². The summed E-state index contributed by atoms with van der Waals surface area (Å²) in [5.74, 6) is 0.714. The largest absolute Gasteiger partial charge is 0.497 e. The summed E-state index contributed by atoms with van der Waals surface area (Å²) in [6.07, 6.45) is 2.58. The first-order valence-corrected chi connectivity index (χ1v) is 8.80. The number of hydrogen-bond donors (Lipinski definition) is 1. The van der Waals surface area contributed by atoms with Crippen molar-refractivity contribution in [1.29, 1.82) is 0 Å². The molecule has 0 bridgehead atoms. The molecule has 0 atom stereocenters. The van der Waals surface area contributed by atoms with E-state index in [1.54, 1.807) is 29.8 Å². The normalized spacial score (nSPS) is 11.0. The summed E-state index contributed by atoms with van der Waals surface area (Å²) in [6, 6.07) is 7.31. The van der Waals surface area contributed by atoms with Gasteiger partial charge in [-0.25, -0.2) is 0 Å². The summed E-state index contributed by atoms with van der Waals surface area (Å²) in [5.41, 5.74) is 3.11. The summed E-state index contributed by atoms with van der Waals surface area (Å²) in [4.78, 5) is 29.3. The second-order valence-electron chi connectivity index (χ2n) is 6.74. The Labute approximate surface area is 157 Å². The van der Waals surface area contributed by atoms with Gasteiger partial charge in [0.1, 0.15) is 5.75 Å². The van der Waals surface area contributed by atoms with E-state index in [4.69, 9.17) is 4.74 Å². The fourth-order valence-corrected chi connectivity index (χ4v) is 3.12. The Kier molecular flexibility index (Phi) is 5.30. The number of aromatic nitrogens is 3. The SMILES string of the molecule is COc1ccc2[nH]c(=O)c(CCC(=O)N(C)Cc3cn(C)nc3C)cc2c1. The Hall–Kier alpha value is -3.09. The zero-order chi connectivity index (χ0) is 19.6. The highest BCUT2D eigenvalue weighted by Crippen LogP contribution is 2.19. The standard InChI is InChI=1S/C20H24N4O3/c1-13-16(12-24(3)22-13)11-23(2)19(25)8-5-14-9-15-10-17(27-4)6-7-18(15)21-20(14)26/h6-7,9-10,12H,5,8,11H2,1-4H3,(H,21,26). The number of methoxy groups -OCH3 is 1. The van der Waals surface area contributed by atoms with Crippen LogP contribution in [0.4, 0.5) is 0 Å². The minimum atomic E-state index is -0.161. The third-order valence-electron chi connectivity index (χ3n) is 4.68. The van der Waals surface area contributed by atoms with E-state index in [1.165, 1.54) is 0 Å². The molecule has 3 aromatic rings. The molecule has 0 aliphatic rings. The number of H-pyrrole nitrogens is 1. The van der Waals surface area contributed by atoms with Crippen LogP contribution in [0.15, 0.2) is 35.3 Å². The van der Waals surface area contributed by atoms with Crippen molar-refractivity contribution >= 4 is 16.8 Å². The number of carbonyl (C=O) groups excluding carboxylic acids is 1. The summed E-state index contributed by atoms with van der Waals surface area (Å²) < 4.78 is 6.97. The van der Waals surface area contributed by atoms with Crippen LogP contribution < -0.4 is 10.3 Å². The molecule has 0 spiro atoms. The molecule has 142 valence electrons. The molecular formula is C20H24N4O3. The number of aromatic amines is 1. The maximum atomic E-state index is 12.5. The van der Waals surface area contributed by atoms with Crippen LogP contribution in [0.2, 0.25) is 0 Å². The highest BCUT2D eigenvalue weighted by atomic mass is 16.5. The molecule has 3 rings (SSSR count). The molecule has 0 unspecified atom stereocenters. The van der Waals surface area contributed by atoms with E-state index in [-0.39, 0.29) is 17.9 Å². The van der Waals surface area contributed by atoms with Crippen molar-refractivity contribution in [3.8, 4) is 5.75 Å². The number of fused-ring (bicyclic) bond motifs is 1. The molecule has 7 heteroatoms. The molecular weight excluding hydrogens is 344 g/mol. The van der Waals surface area contributed by atoms with Crippen LogP contribution in [-0.4, -0.2) is 39.7 Å². The Morgan fingerprint density at radius 2 is 2.07 bits per heavy atom. The van der Waals surface area contributed by atoms with Crippen molar-refractivity contribution < 1.29 is 9.53 Å². The van der Waals surface area contributed by atoms with Gasteiger partial charge >= 0.3 is 0 Å². The molecule has 0 radical (unpaired) electrons. The third kappa shape index (κ3) is 4.19. The monoisotopic (exact) mass is 368 g/mol. The number of amides is 1. The number of nitrogens with one attached hydrogen (secondary N) is 1. The number of rotatable bonds is 6. The molecule has 0 fully saturated rings. The molecule has 27 heavy (non-hydrogen) atoms. The van der Waals surface area contributed by atoms with Gasteiger partial charge in [0.25, 0.3) is 5.56 Å². The summed E-state index contributed by atoms with van der Waals surface area (Å²) >= 11 is 0. The van der Waals surface area contributed by atoms with Gasteiger partial charge in [-0.3, -0.25) is 14.3 Å². The molecule has 2 heterocycles. The lowest BCUT2D eigenvalue weighted by atomic mass is 10.1. The number of nitrogens with zero attached hydrogens (tertiary/aromatic N) is 3. The molecule has 0 saturated heterocycles. The fraction of sp³-hybridized carbons (Fsp3) is 0.350. The van der Waals surface area contributed by atoms with Crippen LogP contribution in [0.1, 0.15) is 23.2 Å². The van der Waals surface area contributed by atoms with Gasteiger partial charge in [0.2, 0.25) is 5.91 Å². The molecule has 0 aliphatic heterocycles. The number of ether oxygens (including phenoxy) is 1. The van der Waals surface area contributed by atoms with Crippen LogP contribution in [-0.2, 0) is 24.8 Å². The molecule has 1 amide bonds. The maximum Gasteiger partial charge on any atom is 0.251 e. The first kappa shape index (κ1) is 18.7. The van der Waals surface area contributed by atoms with Crippen molar-refractivity contribution in [2.45, 2.75) is 26.3 Å². The predicted octanol–water partition coefficient (Wildman–Crippen LogP) is 2.17. The number of pyridine rings is 1. The van der Waals surface area contributed by atoms with E-state index < -0.39 is 0 Å². The summed E-state index contributed by atoms with van der Waals surface area (Å²) in [6.45, 7) is 2.43. The second-order valence-corrected chi connectivity index (χ2v) is 6.74. The van der Waals surface area contributed by atoms with Gasteiger partial charge in [-0.15, -0.1) is 0 Å². The average molecular weight is 368 g/mol. The Morgan fingerprint density at radius 3 is 2.74 bits per heavy atom.